The molecule has 5 heteroatoms. The number of nitrogens with zero attached hydrogens (tertiary/aromatic N) is 2. The van der Waals surface area contributed by atoms with Gasteiger partial charge in [0.25, 0.3) is 0 Å². The second-order valence-corrected chi connectivity index (χ2v) is 3.64. The van der Waals surface area contributed by atoms with E-state index in [2.05, 4.69) is 35.4 Å². The number of aliphatic hydroxyl groups excluding tert-OH is 1. The number of nitrogens with one attached hydrogen (secondary N) is 1. The zero-order chi connectivity index (χ0) is 10.8. The second-order valence-electron chi connectivity index (χ2n) is 3.64. The second kappa shape index (κ2) is 5.18. The number of hydrogen-bond acceptors (Lipinski definition) is 3. The van der Waals surface area contributed by atoms with Gasteiger partial charge in [-0.25, -0.2) is 4.98 Å². The van der Waals surface area contributed by atoms with Gasteiger partial charge in [-0.2, -0.15) is 0 Å². The monoisotopic (exact) mass is 240 g/mol. The molecular formula is C11H15ClN3O-. The number of imidazole rings is 1. The van der Waals surface area contributed by atoms with Gasteiger partial charge in [-0.1, -0.05) is 6.07 Å². The quantitative estimate of drug-likeness (QED) is 0.672. The maximum absolute atomic E-state index is 8.74. The molecule has 0 aliphatic heterocycles. The molecule has 0 fully saturated rings. The summed E-state index contributed by atoms with van der Waals surface area (Å²) in [6.07, 6.45) is 0. The minimum Gasteiger partial charge on any atom is -1.00 e. The average molecular weight is 241 g/mol. The van der Waals surface area contributed by atoms with Crippen LogP contribution in [0.3, 0.4) is 0 Å². The Hall–Kier alpha value is -1.26. The van der Waals surface area contributed by atoms with E-state index in [0.29, 0.717) is 6.54 Å². The average Bonchev–Trinajstić information content (AvgIpc) is 2.52. The lowest BCUT2D eigenvalue weighted by molar-refractivity contribution is -0.00000430. The summed E-state index contributed by atoms with van der Waals surface area (Å²) in [5.41, 5.74) is 3.29. The highest BCUT2D eigenvalue weighted by Crippen LogP contribution is 2.18. The predicted octanol–water partition coefficient (Wildman–Crippen LogP) is -1.71. The number of aliphatic hydroxyl groups is 1. The van der Waals surface area contributed by atoms with Crippen molar-refractivity contribution >= 4 is 17.0 Å². The van der Waals surface area contributed by atoms with E-state index in [0.717, 1.165) is 17.0 Å². The van der Waals surface area contributed by atoms with Gasteiger partial charge >= 0.3 is 0 Å². The predicted molar refractivity (Wildman–Crippen MR) is 61.0 cm³/mol. The largest absolute Gasteiger partial charge is 1.00 e. The molecule has 4 nitrogen and oxygen atoms in total. The molecule has 1 aromatic heterocycles. The lowest BCUT2D eigenvalue weighted by Gasteiger charge is -2.03. The van der Waals surface area contributed by atoms with E-state index in [1.807, 2.05) is 11.6 Å². The first-order valence-electron chi connectivity index (χ1n) is 5.00. The molecule has 2 rings (SSSR count). The molecule has 1 heterocycles. The third-order valence-electron chi connectivity index (χ3n) is 2.43. The zero-order valence-corrected chi connectivity index (χ0v) is 10.1. The Balaban J connectivity index is 0.00000128. The Bertz CT molecular complexity index is 481. The number of benzene rings is 1. The molecule has 16 heavy (non-hydrogen) atoms. The number of halogens is 1. The van der Waals surface area contributed by atoms with Crippen molar-refractivity contribution in [3.63, 3.8) is 0 Å². The molecule has 0 bridgehead atoms. The molecule has 0 aliphatic carbocycles. The van der Waals surface area contributed by atoms with Gasteiger partial charge in [0.1, 0.15) is 0 Å². The van der Waals surface area contributed by atoms with E-state index >= 15 is 0 Å². The molecular weight excluding hydrogens is 226 g/mol. The molecule has 2 N–H and O–H groups in total. The fourth-order valence-corrected chi connectivity index (χ4v) is 1.64. The lowest BCUT2D eigenvalue weighted by atomic mass is 10.2. The van der Waals surface area contributed by atoms with Gasteiger partial charge in [0.15, 0.2) is 0 Å². The van der Waals surface area contributed by atoms with Crippen LogP contribution in [-0.4, -0.2) is 27.8 Å². The first kappa shape index (κ1) is 12.8. The highest BCUT2D eigenvalue weighted by Gasteiger charge is 2.06. The van der Waals surface area contributed by atoms with Crippen molar-refractivity contribution in [1.29, 1.82) is 0 Å². The molecule has 0 saturated heterocycles. The Kier molecular flexibility index (Phi) is 4.15. The summed E-state index contributed by atoms with van der Waals surface area (Å²) in [7, 11) is 1.96. The third-order valence-corrected chi connectivity index (χ3v) is 2.43. The van der Waals surface area contributed by atoms with E-state index in [9.17, 15) is 0 Å². The number of aryl methyl sites for hydroxylation is 2. The van der Waals surface area contributed by atoms with Gasteiger partial charge in [-0.15, -0.1) is 0 Å². The highest BCUT2D eigenvalue weighted by molar-refractivity contribution is 5.79. The van der Waals surface area contributed by atoms with Crippen LogP contribution >= 0.6 is 0 Å². The van der Waals surface area contributed by atoms with Crippen LogP contribution in [0.5, 0.6) is 0 Å². The molecule has 0 spiro atoms. The van der Waals surface area contributed by atoms with E-state index in [-0.39, 0.29) is 19.0 Å². The highest BCUT2D eigenvalue weighted by atomic mass is 35.5. The van der Waals surface area contributed by atoms with Crippen molar-refractivity contribution in [2.45, 2.75) is 6.92 Å². The van der Waals surface area contributed by atoms with E-state index in [1.165, 1.54) is 5.56 Å². The van der Waals surface area contributed by atoms with Crippen molar-refractivity contribution in [3.05, 3.63) is 23.8 Å². The van der Waals surface area contributed by atoms with Crippen LogP contribution in [0.4, 0.5) is 5.95 Å². The Morgan fingerprint density at radius 2 is 2.19 bits per heavy atom. The smallest absolute Gasteiger partial charge is 0.203 e. The Morgan fingerprint density at radius 3 is 2.88 bits per heavy atom. The van der Waals surface area contributed by atoms with Gasteiger partial charge in [0.2, 0.25) is 5.95 Å². The Morgan fingerprint density at radius 1 is 1.44 bits per heavy atom. The van der Waals surface area contributed by atoms with Crippen LogP contribution in [0.1, 0.15) is 5.56 Å². The van der Waals surface area contributed by atoms with Crippen molar-refractivity contribution in [3.8, 4) is 0 Å². The molecule has 0 saturated carbocycles. The lowest BCUT2D eigenvalue weighted by Crippen LogP contribution is -3.00. The first-order valence-corrected chi connectivity index (χ1v) is 5.00. The van der Waals surface area contributed by atoms with Crippen LogP contribution in [0.2, 0.25) is 0 Å². The minimum atomic E-state index is 0. The first-order chi connectivity index (χ1) is 7.22. The van der Waals surface area contributed by atoms with Crippen LogP contribution in [0.15, 0.2) is 18.2 Å². The molecule has 1 aromatic carbocycles. The number of rotatable bonds is 3. The molecule has 2 aromatic rings. The summed E-state index contributed by atoms with van der Waals surface area (Å²) in [4.78, 5) is 4.45. The van der Waals surface area contributed by atoms with E-state index in [1.54, 1.807) is 0 Å². The van der Waals surface area contributed by atoms with Gasteiger partial charge in [-0.3, -0.25) is 0 Å². The summed E-state index contributed by atoms with van der Waals surface area (Å²) < 4.78 is 1.99. The van der Waals surface area contributed by atoms with Crippen LogP contribution in [0.25, 0.3) is 11.0 Å². The number of hydrogen-bond donors (Lipinski definition) is 2. The molecule has 0 radical (unpaired) electrons. The summed E-state index contributed by atoms with van der Waals surface area (Å²) >= 11 is 0. The SMILES string of the molecule is Cc1ccc2c(c1)nc(NCCO)n2C.[Cl-]. The number of fused-ring (bicyclic) bond motifs is 1. The fourth-order valence-electron chi connectivity index (χ4n) is 1.64. The summed E-state index contributed by atoms with van der Waals surface area (Å²) in [5.74, 6) is 0.796. The van der Waals surface area contributed by atoms with Crippen LogP contribution in [0, 0.1) is 6.92 Å². The van der Waals surface area contributed by atoms with Crippen LogP contribution < -0.4 is 17.7 Å². The van der Waals surface area contributed by atoms with Crippen molar-refractivity contribution in [1.82, 2.24) is 9.55 Å². The van der Waals surface area contributed by atoms with Crippen molar-refractivity contribution < 1.29 is 17.5 Å². The van der Waals surface area contributed by atoms with Gasteiger partial charge < -0.3 is 27.4 Å². The maximum Gasteiger partial charge on any atom is 0.203 e. The number of aromatic nitrogens is 2. The van der Waals surface area contributed by atoms with Gasteiger partial charge in [-0.05, 0) is 24.6 Å². The Labute approximate surface area is 101 Å². The minimum absolute atomic E-state index is 0. The molecule has 0 unspecified atom stereocenters. The van der Waals surface area contributed by atoms with Crippen molar-refractivity contribution in [2.75, 3.05) is 18.5 Å². The molecule has 0 amide bonds. The molecule has 88 valence electrons. The topological polar surface area (TPSA) is 50.1 Å². The van der Waals surface area contributed by atoms with E-state index < -0.39 is 0 Å². The normalized spacial score (nSPS) is 10.2. The van der Waals surface area contributed by atoms with Crippen molar-refractivity contribution in [2.24, 2.45) is 7.05 Å². The number of anilines is 1. The fraction of sp³-hybridized carbons (Fsp3) is 0.364. The van der Waals surface area contributed by atoms with E-state index in [4.69, 9.17) is 5.11 Å². The third kappa shape index (κ3) is 2.28. The molecule has 0 atom stereocenters. The van der Waals surface area contributed by atoms with Gasteiger partial charge in [0.05, 0.1) is 17.6 Å². The molecule has 0 aliphatic rings. The maximum atomic E-state index is 8.74. The van der Waals surface area contributed by atoms with Gasteiger partial charge in [0, 0.05) is 13.6 Å². The standard InChI is InChI=1S/C11H15N3O.ClH/c1-8-3-4-10-9(7-8)13-11(14(10)2)12-5-6-15;/h3-4,7,15H,5-6H2,1-2H3,(H,12,13);1H/p-1. The summed E-state index contributed by atoms with van der Waals surface area (Å²) in [5, 5.41) is 11.8. The zero-order valence-electron chi connectivity index (χ0n) is 9.37. The summed E-state index contributed by atoms with van der Waals surface area (Å²) in [6, 6.07) is 6.18. The van der Waals surface area contributed by atoms with Crippen LogP contribution in [-0.2, 0) is 7.05 Å². The summed E-state index contributed by atoms with van der Waals surface area (Å²) in [6.45, 7) is 2.69.